The van der Waals surface area contributed by atoms with Crippen molar-refractivity contribution in [2.45, 2.75) is 38.4 Å². The Labute approximate surface area is 117 Å². The number of carboxylic acid groups (broad SMARTS) is 1. The monoisotopic (exact) mass is 278 g/mol. The van der Waals surface area contributed by atoms with Crippen molar-refractivity contribution in [3.05, 3.63) is 29.6 Å². The highest BCUT2D eigenvalue weighted by molar-refractivity contribution is 5.94. The van der Waals surface area contributed by atoms with Gasteiger partial charge in [-0.25, -0.2) is 9.78 Å². The first kappa shape index (κ1) is 14.5. The highest BCUT2D eigenvalue weighted by Crippen LogP contribution is 2.28. The Morgan fingerprint density at radius 3 is 2.75 bits per heavy atom. The van der Waals surface area contributed by atoms with Gasteiger partial charge in [-0.2, -0.15) is 0 Å². The Hall–Kier alpha value is -1.95. The van der Waals surface area contributed by atoms with Gasteiger partial charge in [-0.05, 0) is 38.8 Å². The van der Waals surface area contributed by atoms with Crippen LogP contribution in [-0.4, -0.2) is 40.2 Å². The molecule has 0 saturated carbocycles. The van der Waals surface area contributed by atoms with Crippen molar-refractivity contribution < 1.29 is 19.4 Å². The van der Waals surface area contributed by atoms with Gasteiger partial charge in [0.25, 0.3) is 5.91 Å². The van der Waals surface area contributed by atoms with Crippen LogP contribution in [0, 0.1) is 0 Å². The largest absolute Gasteiger partial charge is 0.477 e. The van der Waals surface area contributed by atoms with Gasteiger partial charge in [0.05, 0.1) is 11.7 Å². The highest BCUT2D eigenvalue weighted by atomic mass is 16.5. The molecule has 1 amide bonds. The predicted octanol–water partition coefficient (Wildman–Crippen LogP) is 1.47. The molecule has 1 fully saturated rings. The molecule has 0 aromatic carbocycles. The fourth-order valence-electron chi connectivity index (χ4n) is 2.20. The van der Waals surface area contributed by atoms with E-state index in [1.165, 1.54) is 18.2 Å². The van der Waals surface area contributed by atoms with Gasteiger partial charge in [-0.3, -0.25) is 4.79 Å². The second-order valence-electron chi connectivity index (χ2n) is 5.46. The summed E-state index contributed by atoms with van der Waals surface area (Å²) < 4.78 is 5.77. The Morgan fingerprint density at radius 1 is 1.45 bits per heavy atom. The van der Waals surface area contributed by atoms with E-state index >= 15 is 0 Å². The molecule has 1 aromatic heterocycles. The van der Waals surface area contributed by atoms with E-state index in [2.05, 4.69) is 10.3 Å². The standard InChI is InChI=1S/C14H18N2O4/c1-14(2)7-6-9(20-14)8-15-12(17)10-4-3-5-11(16-10)13(18)19/h3-5,9H,6-8H2,1-2H3,(H,15,17)(H,18,19). The number of nitrogens with zero attached hydrogens (tertiary/aromatic N) is 1. The van der Waals surface area contributed by atoms with Crippen molar-refractivity contribution in [1.82, 2.24) is 10.3 Å². The topological polar surface area (TPSA) is 88.5 Å². The molecule has 0 spiro atoms. The number of aromatic nitrogens is 1. The lowest BCUT2D eigenvalue weighted by Crippen LogP contribution is -2.34. The number of ether oxygens (including phenoxy) is 1. The third kappa shape index (κ3) is 3.54. The second kappa shape index (κ2) is 5.58. The lowest BCUT2D eigenvalue weighted by atomic mass is 10.1. The number of hydrogen-bond donors (Lipinski definition) is 2. The van der Waals surface area contributed by atoms with Gasteiger partial charge in [-0.15, -0.1) is 0 Å². The maximum Gasteiger partial charge on any atom is 0.354 e. The van der Waals surface area contributed by atoms with Gasteiger partial charge in [0.1, 0.15) is 11.4 Å². The average molecular weight is 278 g/mol. The van der Waals surface area contributed by atoms with Crippen molar-refractivity contribution in [2.75, 3.05) is 6.54 Å². The molecule has 0 bridgehead atoms. The molecular formula is C14H18N2O4. The van der Waals surface area contributed by atoms with E-state index in [0.717, 1.165) is 12.8 Å². The number of hydrogen-bond acceptors (Lipinski definition) is 4. The molecule has 1 saturated heterocycles. The minimum absolute atomic E-state index is 0.00314. The number of carboxylic acids is 1. The number of pyridine rings is 1. The van der Waals surface area contributed by atoms with Crippen molar-refractivity contribution in [3.8, 4) is 0 Å². The first-order chi connectivity index (χ1) is 9.37. The number of amides is 1. The minimum Gasteiger partial charge on any atom is -0.477 e. The van der Waals surface area contributed by atoms with E-state index in [-0.39, 0.29) is 29.0 Å². The average Bonchev–Trinajstić information content (AvgIpc) is 2.75. The van der Waals surface area contributed by atoms with Gasteiger partial charge in [-0.1, -0.05) is 6.07 Å². The van der Waals surface area contributed by atoms with Gasteiger partial charge in [0, 0.05) is 6.54 Å². The van der Waals surface area contributed by atoms with Crippen LogP contribution >= 0.6 is 0 Å². The van der Waals surface area contributed by atoms with Crippen LogP contribution in [0.5, 0.6) is 0 Å². The van der Waals surface area contributed by atoms with Crippen molar-refractivity contribution in [1.29, 1.82) is 0 Å². The molecule has 1 unspecified atom stereocenters. The highest BCUT2D eigenvalue weighted by Gasteiger charge is 2.31. The molecule has 20 heavy (non-hydrogen) atoms. The fraction of sp³-hybridized carbons (Fsp3) is 0.500. The number of carbonyl (C=O) groups excluding carboxylic acids is 1. The van der Waals surface area contributed by atoms with Gasteiger partial charge < -0.3 is 15.2 Å². The molecule has 1 aliphatic rings. The minimum atomic E-state index is -1.15. The van der Waals surface area contributed by atoms with E-state index in [4.69, 9.17) is 9.84 Å². The van der Waals surface area contributed by atoms with E-state index in [0.29, 0.717) is 6.54 Å². The number of nitrogens with one attached hydrogen (secondary N) is 1. The zero-order valence-corrected chi connectivity index (χ0v) is 11.5. The zero-order chi connectivity index (χ0) is 14.8. The van der Waals surface area contributed by atoms with E-state index in [1.807, 2.05) is 13.8 Å². The van der Waals surface area contributed by atoms with Crippen LogP contribution in [0.3, 0.4) is 0 Å². The molecule has 1 aliphatic heterocycles. The zero-order valence-electron chi connectivity index (χ0n) is 11.5. The molecule has 6 nitrogen and oxygen atoms in total. The maximum atomic E-state index is 11.9. The van der Waals surface area contributed by atoms with E-state index < -0.39 is 5.97 Å². The van der Waals surface area contributed by atoms with Crippen molar-refractivity contribution in [3.63, 3.8) is 0 Å². The van der Waals surface area contributed by atoms with Crippen LogP contribution in [0.1, 0.15) is 47.7 Å². The Kier molecular flexibility index (Phi) is 4.04. The summed E-state index contributed by atoms with van der Waals surface area (Å²) in [6, 6.07) is 4.34. The Balaban J connectivity index is 1.92. The molecule has 0 aliphatic carbocycles. The number of carbonyl (C=O) groups is 2. The first-order valence-electron chi connectivity index (χ1n) is 6.54. The maximum absolute atomic E-state index is 11.9. The van der Waals surface area contributed by atoms with Crippen LogP contribution in [0.15, 0.2) is 18.2 Å². The van der Waals surface area contributed by atoms with Crippen LogP contribution < -0.4 is 5.32 Å². The SMILES string of the molecule is CC1(C)CCC(CNC(=O)c2cccc(C(=O)O)n2)O1. The lowest BCUT2D eigenvalue weighted by molar-refractivity contribution is -0.0138. The summed E-state index contributed by atoms with van der Waals surface area (Å²) in [6.07, 6.45) is 1.85. The van der Waals surface area contributed by atoms with Crippen LogP contribution in [0.2, 0.25) is 0 Å². The summed E-state index contributed by atoms with van der Waals surface area (Å²) in [6.45, 7) is 4.45. The summed E-state index contributed by atoms with van der Waals surface area (Å²) >= 11 is 0. The molecule has 2 N–H and O–H groups in total. The Bertz CT molecular complexity index is 528. The van der Waals surface area contributed by atoms with Gasteiger partial charge >= 0.3 is 5.97 Å². The summed E-state index contributed by atoms with van der Waals surface area (Å²) in [5.74, 6) is -1.54. The normalized spacial score (nSPS) is 20.6. The van der Waals surface area contributed by atoms with Crippen LogP contribution in [0.25, 0.3) is 0 Å². The summed E-state index contributed by atoms with van der Waals surface area (Å²) in [5, 5.41) is 11.6. The molecule has 2 rings (SSSR count). The molecule has 2 heterocycles. The number of aromatic carboxylic acids is 1. The first-order valence-corrected chi connectivity index (χ1v) is 6.54. The van der Waals surface area contributed by atoms with E-state index in [1.54, 1.807) is 0 Å². The van der Waals surface area contributed by atoms with Gasteiger partial charge in [0.2, 0.25) is 0 Å². The lowest BCUT2D eigenvalue weighted by Gasteiger charge is -2.19. The summed E-state index contributed by atoms with van der Waals surface area (Å²) in [7, 11) is 0. The third-order valence-electron chi connectivity index (χ3n) is 3.25. The molecular weight excluding hydrogens is 260 g/mol. The molecule has 6 heteroatoms. The summed E-state index contributed by atoms with van der Waals surface area (Å²) in [5.41, 5.74) is -0.185. The fourth-order valence-corrected chi connectivity index (χ4v) is 2.20. The smallest absolute Gasteiger partial charge is 0.354 e. The predicted molar refractivity (Wildman–Crippen MR) is 71.7 cm³/mol. The van der Waals surface area contributed by atoms with E-state index in [9.17, 15) is 9.59 Å². The Morgan fingerprint density at radius 2 is 2.15 bits per heavy atom. The van der Waals surface area contributed by atoms with Gasteiger partial charge in [0.15, 0.2) is 0 Å². The van der Waals surface area contributed by atoms with Crippen LogP contribution in [0.4, 0.5) is 0 Å². The quantitative estimate of drug-likeness (QED) is 0.870. The number of rotatable bonds is 4. The molecule has 108 valence electrons. The third-order valence-corrected chi connectivity index (χ3v) is 3.25. The van der Waals surface area contributed by atoms with Crippen molar-refractivity contribution in [2.24, 2.45) is 0 Å². The second-order valence-corrected chi connectivity index (χ2v) is 5.46. The van der Waals surface area contributed by atoms with Crippen molar-refractivity contribution >= 4 is 11.9 Å². The van der Waals surface area contributed by atoms with Crippen LogP contribution in [-0.2, 0) is 4.74 Å². The molecule has 1 aromatic rings. The molecule has 0 radical (unpaired) electrons. The summed E-state index contributed by atoms with van der Waals surface area (Å²) in [4.78, 5) is 26.5. The molecule has 1 atom stereocenters.